The van der Waals surface area contributed by atoms with Crippen LogP contribution in [0.3, 0.4) is 0 Å². The first-order valence-electron chi connectivity index (χ1n) is 8.19. The SMILES string of the molecule is CC(=O)c1ccc(N2CCOC(c3ccccc3C)C2)c([N+](=O)[O-])c1. The minimum atomic E-state index is -0.431. The average molecular weight is 340 g/mol. The number of aryl methyl sites for hydroxylation is 1. The lowest BCUT2D eigenvalue weighted by molar-refractivity contribution is -0.384. The molecule has 0 amide bonds. The molecule has 6 heteroatoms. The van der Waals surface area contributed by atoms with Gasteiger partial charge in [0.25, 0.3) is 5.69 Å². The Hall–Kier alpha value is -2.73. The summed E-state index contributed by atoms with van der Waals surface area (Å²) in [6.45, 7) is 5.03. The smallest absolute Gasteiger partial charge is 0.293 e. The molecule has 0 aliphatic carbocycles. The van der Waals surface area contributed by atoms with Gasteiger partial charge in [0.1, 0.15) is 11.8 Å². The fourth-order valence-electron chi connectivity index (χ4n) is 3.16. The first-order chi connectivity index (χ1) is 12.0. The number of ketones is 1. The number of ether oxygens (including phenoxy) is 1. The predicted octanol–water partition coefficient (Wildman–Crippen LogP) is 3.68. The van der Waals surface area contributed by atoms with Crippen LogP contribution in [0.4, 0.5) is 11.4 Å². The van der Waals surface area contributed by atoms with Crippen molar-refractivity contribution >= 4 is 17.2 Å². The highest BCUT2D eigenvalue weighted by Crippen LogP contribution is 2.34. The molecule has 1 aliphatic heterocycles. The number of nitro groups is 1. The van der Waals surface area contributed by atoms with Crippen LogP contribution in [0.2, 0.25) is 0 Å². The van der Waals surface area contributed by atoms with Crippen molar-refractivity contribution < 1.29 is 14.5 Å². The summed E-state index contributed by atoms with van der Waals surface area (Å²) < 4.78 is 5.89. The number of carbonyl (C=O) groups is 1. The molecule has 0 aromatic heterocycles. The summed E-state index contributed by atoms with van der Waals surface area (Å²) in [4.78, 5) is 24.5. The van der Waals surface area contributed by atoms with E-state index in [9.17, 15) is 14.9 Å². The lowest BCUT2D eigenvalue weighted by Crippen LogP contribution is -2.39. The van der Waals surface area contributed by atoms with E-state index in [0.717, 1.165) is 11.1 Å². The van der Waals surface area contributed by atoms with E-state index < -0.39 is 4.92 Å². The Morgan fingerprint density at radius 2 is 2.04 bits per heavy atom. The summed E-state index contributed by atoms with van der Waals surface area (Å²) in [5.41, 5.74) is 3.06. The second-order valence-electron chi connectivity index (χ2n) is 6.18. The molecular formula is C19H20N2O4. The molecule has 2 aromatic rings. The van der Waals surface area contributed by atoms with Crippen LogP contribution < -0.4 is 4.90 Å². The number of anilines is 1. The Labute approximate surface area is 146 Å². The molecule has 1 atom stereocenters. The van der Waals surface area contributed by atoms with Gasteiger partial charge in [0.15, 0.2) is 5.78 Å². The highest BCUT2D eigenvalue weighted by Gasteiger charge is 2.28. The molecule has 25 heavy (non-hydrogen) atoms. The largest absolute Gasteiger partial charge is 0.370 e. The highest BCUT2D eigenvalue weighted by molar-refractivity contribution is 5.95. The number of hydrogen-bond donors (Lipinski definition) is 0. The molecule has 130 valence electrons. The molecule has 1 heterocycles. The standard InChI is InChI=1S/C19H20N2O4/c1-13-5-3-4-6-16(13)19-12-20(9-10-25-19)17-8-7-15(14(2)22)11-18(17)21(23)24/h3-8,11,19H,9-10,12H2,1-2H3. The second-order valence-corrected chi connectivity index (χ2v) is 6.18. The topological polar surface area (TPSA) is 72.7 Å². The zero-order valence-electron chi connectivity index (χ0n) is 14.3. The summed E-state index contributed by atoms with van der Waals surface area (Å²) in [5, 5.41) is 11.5. The molecule has 1 fully saturated rings. The fraction of sp³-hybridized carbons (Fsp3) is 0.316. The quantitative estimate of drug-likeness (QED) is 0.482. The van der Waals surface area contributed by atoms with Crippen LogP contribution in [0.5, 0.6) is 0 Å². The average Bonchev–Trinajstić information content (AvgIpc) is 2.61. The number of rotatable bonds is 4. The minimum Gasteiger partial charge on any atom is -0.370 e. The Bertz CT molecular complexity index is 819. The van der Waals surface area contributed by atoms with Crippen LogP contribution in [0, 0.1) is 17.0 Å². The van der Waals surface area contributed by atoms with E-state index in [0.29, 0.717) is 30.9 Å². The number of hydrogen-bond acceptors (Lipinski definition) is 5. The maximum Gasteiger partial charge on any atom is 0.293 e. The van der Waals surface area contributed by atoms with Crippen molar-refractivity contribution in [3.63, 3.8) is 0 Å². The van der Waals surface area contributed by atoms with Gasteiger partial charge in [-0.15, -0.1) is 0 Å². The highest BCUT2D eigenvalue weighted by atomic mass is 16.6. The summed E-state index contributed by atoms with van der Waals surface area (Å²) >= 11 is 0. The molecule has 2 aromatic carbocycles. The first kappa shape index (κ1) is 17.1. The molecule has 1 aliphatic rings. The summed E-state index contributed by atoms with van der Waals surface area (Å²) in [5.74, 6) is -0.186. The third kappa shape index (κ3) is 3.53. The molecule has 3 rings (SSSR count). The third-order valence-corrected chi connectivity index (χ3v) is 4.52. The molecule has 1 unspecified atom stereocenters. The zero-order valence-corrected chi connectivity index (χ0v) is 14.3. The van der Waals surface area contributed by atoms with E-state index in [1.807, 2.05) is 36.1 Å². The van der Waals surface area contributed by atoms with Crippen molar-refractivity contribution in [2.75, 3.05) is 24.6 Å². The molecule has 6 nitrogen and oxygen atoms in total. The monoisotopic (exact) mass is 340 g/mol. The van der Waals surface area contributed by atoms with Gasteiger partial charge in [0.05, 0.1) is 11.5 Å². The number of nitro benzene ring substituents is 1. The molecule has 0 radical (unpaired) electrons. The number of Topliss-reactive ketones (excluding diaryl/α,β-unsaturated/α-hetero) is 1. The normalized spacial score (nSPS) is 17.4. The predicted molar refractivity (Wildman–Crippen MR) is 95.2 cm³/mol. The van der Waals surface area contributed by atoms with Crippen LogP contribution >= 0.6 is 0 Å². The number of nitrogens with zero attached hydrogens (tertiary/aromatic N) is 2. The van der Waals surface area contributed by atoms with Crippen molar-refractivity contribution in [1.29, 1.82) is 0 Å². The summed E-state index contributed by atoms with van der Waals surface area (Å²) in [6, 6.07) is 12.7. The maximum atomic E-state index is 11.5. The van der Waals surface area contributed by atoms with Crippen LogP contribution in [-0.4, -0.2) is 30.4 Å². The van der Waals surface area contributed by atoms with Crippen molar-refractivity contribution in [2.24, 2.45) is 0 Å². The van der Waals surface area contributed by atoms with Crippen molar-refractivity contribution in [1.82, 2.24) is 0 Å². The number of benzene rings is 2. The van der Waals surface area contributed by atoms with Gasteiger partial charge in [0, 0.05) is 24.7 Å². The van der Waals surface area contributed by atoms with Crippen LogP contribution in [0.1, 0.15) is 34.5 Å². The molecular weight excluding hydrogens is 320 g/mol. The Kier molecular flexibility index (Phi) is 4.81. The van der Waals surface area contributed by atoms with Gasteiger partial charge >= 0.3 is 0 Å². The van der Waals surface area contributed by atoms with E-state index in [1.54, 1.807) is 12.1 Å². The minimum absolute atomic E-state index is 0.0434. The fourth-order valence-corrected chi connectivity index (χ4v) is 3.16. The van der Waals surface area contributed by atoms with Crippen LogP contribution in [-0.2, 0) is 4.74 Å². The van der Waals surface area contributed by atoms with Crippen molar-refractivity contribution in [2.45, 2.75) is 20.0 Å². The first-order valence-corrected chi connectivity index (χ1v) is 8.19. The maximum absolute atomic E-state index is 11.5. The van der Waals surface area contributed by atoms with E-state index in [4.69, 9.17) is 4.74 Å². The van der Waals surface area contributed by atoms with Crippen LogP contribution in [0.15, 0.2) is 42.5 Å². The summed E-state index contributed by atoms with van der Waals surface area (Å²) in [6.07, 6.45) is -0.137. The van der Waals surface area contributed by atoms with E-state index >= 15 is 0 Å². The van der Waals surface area contributed by atoms with Gasteiger partial charge in [-0.2, -0.15) is 0 Å². The molecule has 0 saturated carbocycles. The van der Waals surface area contributed by atoms with Gasteiger partial charge in [-0.25, -0.2) is 0 Å². The molecule has 0 spiro atoms. The van der Waals surface area contributed by atoms with E-state index in [2.05, 4.69) is 0 Å². The zero-order chi connectivity index (χ0) is 18.0. The Morgan fingerprint density at radius 1 is 1.28 bits per heavy atom. The third-order valence-electron chi connectivity index (χ3n) is 4.52. The van der Waals surface area contributed by atoms with Crippen LogP contribution in [0.25, 0.3) is 0 Å². The lowest BCUT2D eigenvalue weighted by atomic mass is 10.0. The second kappa shape index (κ2) is 7.03. The van der Waals surface area contributed by atoms with Gasteiger partial charge in [0.2, 0.25) is 0 Å². The Morgan fingerprint density at radius 3 is 2.72 bits per heavy atom. The number of carbonyl (C=O) groups excluding carboxylic acids is 1. The lowest BCUT2D eigenvalue weighted by Gasteiger charge is -2.35. The van der Waals surface area contributed by atoms with Gasteiger partial charge in [-0.1, -0.05) is 24.3 Å². The summed E-state index contributed by atoms with van der Waals surface area (Å²) in [7, 11) is 0. The van der Waals surface area contributed by atoms with Crippen molar-refractivity contribution in [3.05, 3.63) is 69.3 Å². The molecule has 1 saturated heterocycles. The van der Waals surface area contributed by atoms with Crippen molar-refractivity contribution in [3.8, 4) is 0 Å². The van der Waals surface area contributed by atoms with Gasteiger partial charge in [-0.05, 0) is 37.1 Å². The number of morpholine rings is 1. The Balaban J connectivity index is 1.92. The van der Waals surface area contributed by atoms with E-state index in [-0.39, 0.29) is 17.6 Å². The van der Waals surface area contributed by atoms with Gasteiger partial charge in [-0.3, -0.25) is 14.9 Å². The molecule has 0 N–H and O–H groups in total. The molecule has 0 bridgehead atoms. The van der Waals surface area contributed by atoms with E-state index in [1.165, 1.54) is 13.0 Å². The van der Waals surface area contributed by atoms with Gasteiger partial charge < -0.3 is 9.64 Å².